The highest BCUT2D eigenvalue weighted by atomic mass is 35.5. The van der Waals surface area contributed by atoms with Crippen molar-refractivity contribution in [1.29, 1.82) is 5.26 Å². The Morgan fingerprint density at radius 3 is 2.92 bits per heavy atom. The Kier molecular flexibility index (Phi) is 3.26. The summed E-state index contributed by atoms with van der Waals surface area (Å²) in [4.78, 5) is 1.81. The second-order valence-electron chi connectivity index (χ2n) is 2.21. The van der Waals surface area contributed by atoms with Crippen LogP contribution in [0.15, 0.2) is 0 Å². The SMILES string of the molecule is CN(CCC#N)c1nsnc1Cl. The van der Waals surface area contributed by atoms with Gasteiger partial charge in [-0.05, 0) is 0 Å². The highest BCUT2D eigenvalue weighted by Gasteiger charge is 2.09. The molecule has 1 aromatic rings. The minimum Gasteiger partial charge on any atom is -0.355 e. The van der Waals surface area contributed by atoms with Crippen LogP contribution in [0.5, 0.6) is 0 Å². The van der Waals surface area contributed by atoms with E-state index in [1.165, 1.54) is 0 Å². The molecule has 0 aliphatic heterocycles. The number of anilines is 1. The summed E-state index contributed by atoms with van der Waals surface area (Å²) in [6.07, 6.45) is 0.463. The van der Waals surface area contributed by atoms with E-state index < -0.39 is 0 Å². The first-order valence-electron chi connectivity index (χ1n) is 3.32. The van der Waals surface area contributed by atoms with Crippen molar-refractivity contribution >= 4 is 29.1 Å². The van der Waals surface area contributed by atoms with Gasteiger partial charge in [0.2, 0.25) is 0 Å². The summed E-state index contributed by atoms with van der Waals surface area (Å²) in [6.45, 7) is 0.627. The van der Waals surface area contributed by atoms with Crippen LogP contribution in [0.25, 0.3) is 0 Å². The molecule has 1 aromatic heterocycles. The summed E-state index contributed by atoms with van der Waals surface area (Å²) in [5.41, 5.74) is 0. The number of halogens is 1. The van der Waals surface area contributed by atoms with Gasteiger partial charge in [0.05, 0.1) is 24.2 Å². The van der Waals surface area contributed by atoms with Crippen LogP contribution in [-0.2, 0) is 0 Å². The van der Waals surface area contributed by atoms with Crippen molar-refractivity contribution in [3.05, 3.63) is 5.15 Å². The molecule has 0 spiro atoms. The van der Waals surface area contributed by atoms with E-state index in [0.29, 0.717) is 23.9 Å². The monoisotopic (exact) mass is 202 g/mol. The standard InChI is InChI=1S/C6H7ClN4S/c1-11(4-2-3-8)6-5(7)9-12-10-6/h2,4H2,1H3. The minimum absolute atomic E-state index is 0.403. The van der Waals surface area contributed by atoms with E-state index in [9.17, 15) is 0 Å². The van der Waals surface area contributed by atoms with Gasteiger partial charge < -0.3 is 4.90 Å². The summed E-state index contributed by atoms with van der Waals surface area (Å²) in [7, 11) is 1.83. The van der Waals surface area contributed by atoms with Crippen LogP contribution in [0.2, 0.25) is 5.15 Å². The van der Waals surface area contributed by atoms with Crippen LogP contribution in [0.1, 0.15) is 6.42 Å². The van der Waals surface area contributed by atoms with Crippen LogP contribution < -0.4 is 4.90 Å². The van der Waals surface area contributed by atoms with Gasteiger partial charge in [-0.15, -0.1) is 0 Å². The second kappa shape index (κ2) is 4.24. The van der Waals surface area contributed by atoms with Crippen molar-refractivity contribution in [1.82, 2.24) is 8.75 Å². The fourth-order valence-electron chi connectivity index (χ4n) is 0.724. The Bertz CT molecular complexity index is 292. The fraction of sp³-hybridized carbons (Fsp3) is 0.500. The Hall–Kier alpha value is -0.860. The number of nitrogens with zero attached hydrogens (tertiary/aromatic N) is 4. The van der Waals surface area contributed by atoms with Gasteiger partial charge in [-0.25, -0.2) is 0 Å². The summed E-state index contributed by atoms with van der Waals surface area (Å²) in [5, 5.41) is 8.74. The molecule has 0 fully saturated rings. The molecule has 0 aromatic carbocycles. The fourth-order valence-corrected chi connectivity index (χ4v) is 1.55. The normalized spacial score (nSPS) is 9.42. The maximum absolute atomic E-state index is 8.34. The van der Waals surface area contributed by atoms with E-state index in [4.69, 9.17) is 16.9 Å². The third-order valence-corrected chi connectivity index (χ3v) is 2.23. The Labute approximate surface area is 79.7 Å². The van der Waals surface area contributed by atoms with Gasteiger partial charge >= 0.3 is 0 Å². The van der Waals surface area contributed by atoms with Crippen LogP contribution in [0.3, 0.4) is 0 Å². The van der Waals surface area contributed by atoms with Gasteiger partial charge in [0.1, 0.15) is 0 Å². The van der Waals surface area contributed by atoms with E-state index in [0.717, 1.165) is 11.7 Å². The van der Waals surface area contributed by atoms with Crippen molar-refractivity contribution in [2.45, 2.75) is 6.42 Å². The lowest BCUT2D eigenvalue weighted by Gasteiger charge is -2.13. The average molecular weight is 203 g/mol. The molecular weight excluding hydrogens is 196 g/mol. The van der Waals surface area contributed by atoms with E-state index in [1.807, 2.05) is 11.9 Å². The maximum Gasteiger partial charge on any atom is 0.187 e. The van der Waals surface area contributed by atoms with Gasteiger partial charge in [0, 0.05) is 13.6 Å². The molecule has 0 bridgehead atoms. The van der Waals surface area contributed by atoms with Crippen molar-refractivity contribution in [3.8, 4) is 6.07 Å². The zero-order valence-electron chi connectivity index (χ0n) is 6.49. The van der Waals surface area contributed by atoms with Gasteiger partial charge in [-0.2, -0.15) is 14.0 Å². The third kappa shape index (κ3) is 2.06. The van der Waals surface area contributed by atoms with Crippen LogP contribution in [0, 0.1) is 11.3 Å². The van der Waals surface area contributed by atoms with E-state index in [1.54, 1.807) is 0 Å². The largest absolute Gasteiger partial charge is 0.355 e. The Morgan fingerprint density at radius 1 is 1.67 bits per heavy atom. The van der Waals surface area contributed by atoms with Crippen molar-refractivity contribution in [2.75, 3.05) is 18.5 Å². The molecule has 0 aliphatic carbocycles. The van der Waals surface area contributed by atoms with Crippen LogP contribution >= 0.6 is 23.3 Å². The molecule has 0 saturated carbocycles. The molecule has 0 unspecified atom stereocenters. The molecule has 1 heterocycles. The van der Waals surface area contributed by atoms with E-state index >= 15 is 0 Å². The molecule has 4 nitrogen and oxygen atoms in total. The van der Waals surface area contributed by atoms with E-state index in [2.05, 4.69) is 14.8 Å². The number of hydrogen-bond donors (Lipinski definition) is 0. The molecule has 0 atom stereocenters. The molecular formula is C6H7ClN4S. The maximum atomic E-state index is 8.34. The minimum atomic E-state index is 0.403. The van der Waals surface area contributed by atoms with Crippen molar-refractivity contribution in [3.63, 3.8) is 0 Å². The first-order valence-corrected chi connectivity index (χ1v) is 4.42. The zero-order chi connectivity index (χ0) is 8.97. The Balaban J connectivity index is 2.60. The molecule has 0 N–H and O–H groups in total. The van der Waals surface area contributed by atoms with Gasteiger partial charge in [-0.1, -0.05) is 11.6 Å². The molecule has 12 heavy (non-hydrogen) atoms. The molecule has 0 amide bonds. The first-order chi connectivity index (χ1) is 5.75. The van der Waals surface area contributed by atoms with Crippen LogP contribution in [-0.4, -0.2) is 22.3 Å². The zero-order valence-corrected chi connectivity index (χ0v) is 8.06. The molecule has 0 radical (unpaired) electrons. The summed E-state index contributed by atoms with van der Waals surface area (Å²) in [5.74, 6) is 0.650. The lowest BCUT2D eigenvalue weighted by atomic mass is 10.4. The van der Waals surface area contributed by atoms with Gasteiger partial charge in [0.15, 0.2) is 11.0 Å². The topological polar surface area (TPSA) is 52.8 Å². The average Bonchev–Trinajstić information content (AvgIpc) is 2.47. The number of hydrogen-bond acceptors (Lipinski definition) is 5. The summed E-state index contributed by atoms with van der Waals surface area (Å²) >= 11 is 6.80. The summed E-state index contributed by atoms with van der Waals surface area (Å²) < 4.78 is 7.80. The predicted molar refractivity (Wildman–Crippen MR) is 48.4 cm³/mol. The first kappa shape index (κ1) is 9.23. The summed E-state index contributed by atoms with van der Waals surface area (Å²) in [6, 6.07) is 2.05. The third-order valence-electron chi connectivity index (χ3n) is 1.35. The second-order valence-corrected chi connectivity index (χ2v) is 3.09. The Morgan fingerprint density at radius 2 is 2.42 bits per heavy atom. The number of nitriles is 1. The molecule has 64 valence electrons. The molecule has 6 heteroatoms. The smallest absolute Gasteiger partial charge is 0.187 e. The van der Waals surface area contributed by atoms with Crippen molar-refractivity contribution in [2.24, 2.45) is 0 Å². The van der Waals surface area contributed by atoms with Gasteiger partial charge in [-0.3, -0.25) is 0 Å². The molecule has 0 aliphatic rings. The van der Waals surface area contributed by atoms with Crippen LogP contribution in [0.4, 0.5) is 5.82 Å². The molecule has 0 saturated heterocycles. The quantitative estimate of drug-likeness (QED) is 0.746. The lowest BCUT2D eigenvalue weighted by molar-refractivity contribution is 0.893. The van der Waals surface area contributed by atoms with Crippen molar-refractivity contribution < 1.29 is 0 Å². The lowest BCUT2D eigenvalue weighted by Crippen LogP contribution is -2.18. The highest BCUT2D eigenvalue weighted by Crippen LogP contribution is 2.21. The predicted octanol–water partition coefficient (Wildman–Crippen LogP) is 1.54. The highest BCUT2D eigenvalue weighted by molar-refractivity contribution is 6.99. The number of aromatic nitrogens is 2. The number of rotatable bonds is 3. The van der Waals surface area contributed by atoms with Gasteiger partial charge in [0.25, 0.3) is 0 Å². The van der Waals surface area contributed by atoms with E-state index in [-0.39, 0.29) is 0 Å². The molecule has 1 rings (SSSR count).